The number of rotatable bonds is 6. The molecule has 1 N–H and O–H groups in total. The van der Waals surface area contributed by atoms with E-state index < -0.39 is 5.82 Å². The number of ketones is 1. The van der Waals surface area contributed by atoms with Crippen LogP contribution in [0.2, 0.25) is 0 Å². The van der Waals surface area contributed by atoms with Crippen LogP contribution in [0.5, 0.6) is 0 Å². The van der Waals surface area contributed by atoms with Crippen molar-refractivity contribution in [2.45, 2.75) is 12.8 Å². The molecule has 2 aromatic carbocycles. The first-order valence-electron chi connectivity index (χ1n) is 8.64. The Kier molecular flexibility index (Phi) is 5.96. The summed E-state index contributed by atoms with van der Waals surface area (Å²) in [7, 11) is 0. The third kappa shape index (κ3) is 4.46. The highest BCUT2D eigenvalue weighted by Crippen LogP contribution is 2.26. The third-order valence-electron chi connectivity index (χ3n) is 4.28. The third-order valence-corrected chi connectivity index (χ3v) is 4.28. The first-order chi connectivity index (χ1) is 12.6. The van der Waals surface area contributed by atoms with Gasteiger partial charge in [0.2, 0.25) is 5.91 Å². The van der Waals surface area contributed by atoms with E-state index in [2.05, 4.69) is 10.2 Å². The van der Waals surface area contributed by atoms with E-state index in [4.69, 9.17) is 4.74 Å². The van der Waals surface area contributed by atoms with Crippen LogP contribution in [0, 0.1) is 5.82 Å². The van der Waals surface area contributed by atoms with Gasteiger partial charge in [0.1, 0.15) is 5.82 Å². The quantitative estimate of drug-likeness (QED) is 0.807. The number of ether oxygens (including phenoxy) is 1. The number of carbonyl (C=O) groups excluding carboxylic acids is 2. The second-order valence-electron chi connectivity index (χ2n) is 6.07. The zero-order valence-electron chi connectivity index (χ0n) is 14.4. The van der Waals surface area contributed by atoms with Crippen LogP contribution >= 0.6 is 0 Å². The first-order valence-corrected chi connectivity index (χ1v) is 8.64. The highest BCUT2D eigenvalue weighted by molar-refractivity contribution is 6.01. The van der Waals surface area contributed by atoms with Gasteiger partial charge in [-0.15, -0.1) is 0 Å². The van der Waals surface area contributed by atoms with Gasteiger partial charge < -0.3 is 15.0 Å². The maximum absolute atomic E-state index is 13.6. The molecule has 2 aromatic rings. The number of nitrogens with zero attached hydrogens (tertiary/aromatic N) is 1. The molecule has 0 unspecified atom stereocenters. The summed E-state index contributed by atoms with van der Waals surface area (Å²) < 4.78 is 19.0. The lowest BCUT2D eigenvalue weighted by Gasteiger charge is -2.30. The Bertz CT molecular complexity index is 788. The van der Waals surface area contributed by atoms with E-state index in [0.29, 0.717) is 18.9 Å². The summed E-state index contributed by atoms with van der Waals surface area (Å²) in [6, 6.07) is 13.4. The number of benzene rings is 2. The molecule has 26 heavy (non-hydrogen) atoms. The lowest BCUT2D eigenvalue weighted by atomic mass is 10.1. The summed E-state index contributed by atoms with van der Waals surface area (Å²) in [6.45, 7) is 2.83. The van der Waals surface area contributed by atoms with Crippen LogP contribution in [0.15, 0.2) is 48.5 Å². The van der Waals surface area contributed by atoms with E-state index in [1.165, 1.54) is 18.2 Å². The molecule has 0 saturated carbocycles. The lowest BCUT2D eigenvalue weighted by Crippen LogP contribution is -2.36. The van der Waals surface area contributed by atoms with Gasteiger partial charge in [-0.25, -0.2) is 4.39 Å². The average Bonchev–Trinajstić information content (AvgIpc) is 2.67. The minimum Gasteiger partial charge on any atom is -0.378 e. The predicted octanol–water partition coefficient (Wildman–Crippen LogP) is 3.26. The van der Waals surface area contributed by atoms with Crippen molar-refractivity contribution in [1.29, 1.82) is 0 Å². The molecular weight excluding hydrogens is 335 g/mol. The molecule has 136 valence electrons. The SMILES string of the molecule is O=C(CCC(=O)c1ccccc1F)Nc1ccccc1N1CCOCC1. The predicted molar refractivity (Wildman–Crippen MR) is 98.1 cm³/mol. The van der Waals surface area contributed by atoms with Crippen molar-refractivity contribution in [3.63, 3.8) is 0 Å². The van der Waals surface area contributed by atoms with Crippen molar-refractivity contribution in [3.05, 3.63) is 59.9 Å². The van der Waals surface area contributed by atoms with Crippen molar-refractivity contribution in [2.24, 2.45) is 0 Å². The fraction of sp³-hybridized carbons (Fsp3) is 0.300. The average molecular weight is 356 g/mol. The summed E-state index contributed by atoms with van der Waals surface area (Å²) in [5.74, 6) is -1.20. The largest absolute Gasteiger partial charge is 0.378 e. The van der Waals surface area contributed by atoms with Gasteiger partial charge in [-0.3, -0.25) is 9.59 Å². The van der Waals surface area contributed by atoms with E-state index in [1.54, 1.807) is 6.07 Å². The molecule has 1 fully saturated rings. The van der Waals surface area contributed by atoms with Gasteiger partial charge in [-0.2, -0.15) is 0 Å². The molecular formula is C20H21FN2O3. The van der Waals surface area contributed by atoms with Crippen LogP contribution in [0.4, 0.5) is 15.8 Å². The molecule has 1 aliphatic heterocycles. The van der Waals surface area contributed by atoms with E-state index >= 15 is 0 Å². The first kappa shape index (κ1) is 18.1. The van der Waals surface area contributed by atoms with Crippen molar-refractivity contribution in [2.75, 3.05) is 36.5 Å². The Morgan fingerprint density at radius 2 is 1.69 bits per heavy atom. The summed E-state index contributed by atoms with van der Waals surface area (Å²) in [5, 5.41) is 2.86. The highest BCUT2D eigenvalue weighted by atomic mass is 19.1. The molecule has 0 aromatic heterocycles. The Hall–Kier alpha value is -2.73. The summed E-state index contributed by atoms with van der Waals surface area (Å²) in [4.78, 5) is 26.5. The van der Waals surface area contributed by atoms with E-state index in [-0.39, 0.29) is 30.1 Å². The Labute approximate surface area is 151 Å². The minimum atomic E-state index is -0.560. The van der Waals surface area contributed by atoms with Crippen LogP contribution in [0.3, 0.4) is 0 Å². The Balaban J connectivity index is 1.60. The van der Waals surface area contributed by atoms with Crippen molar-refractivity contribution in [1.82, 2.24) is 0 Å². The molecule has 0 spiro atoms. The summed E-state index contributed by atoms with van der Waals surface area (Å²) in [6.07, 6.45) is -0.0307. The topological polar surface area (TPSA) is 58.6 Å². The number of hydrogen-bond donors (Lipinski definition) is 1. The molecule has 1 heterocycles. The number of carbonyl (C=O) groups is 2. The summed E-state index contributed by atoms with van der Waals surface area (Å²) in [5.41, 5.74) is 1.66. The number of morpholine rings is 1. The van der Waals surface area contributed by atoms with Gasteiger partial charge in [0.25, 0.3) is 0 Å². The maximum atomic E-state index is 13.6. The number of halogens is 1. The van der Waals surface area contributed by atoms with Crippen LogP contribution in [0.1, 0.15) is 23.2 Å². The van der Waals surface area contributed by atoms with Crippen molar-refractivity contribution in [3.8, 4) is 0 Å². The van der Waals surface area contributed by atoms with Crippen LogP contribution in [-0.2, 0) is 9.53 Å². The van der Waals surface area contributed by atoms with Crippen molar-refractivity contribution < 1.29 is 18.7 Å². The smallest absolute Gasteiger partial charge is 0.224 e. The van der Waals surface area contributed by atoms with Gasteiger partial charge in [0.05, 0.1) is 30.2 Å². The second-order valence-corrected chi connectivity index (χ2v) is 6.07. The van der Waals surface area contributed by atoms with Crippen LogP contribution in [-0.4, -0.2) is 38.0 Å². The van der Waals surface area contributed by atoms with Crippen LogP contribution < -0.4 is 10.2 Å². The minimum absolute atomic E-state index is 0.00458. The monoisotopic (exact) mass is 356 g/mol. The molecule has 0 bridgehead atoms. The molecule has 5 nitrogen and oxygen atoms in total. The van der Waals surface area contributed by atoms with Gasteiger partial charge in [0, 0.05) is 25.9 Å². The standard InChI is InChI=1S/C20H21FN2O3/c21-16-6-2-1-5-15(16)19(24)9-10-20(25)22-17-7-3-4-8-18(17)23-11-13-26-14-12-23/h1-8H,9-14H2,(H,22,25). The van der Waals surface area contributed by atoms with Crippen molar-refractivity contribution >= 4 is 23.1 Å². The number of Topliss-reactive ketones (excluding diaryl/α,β-unsaturated/α-hetero) is 1. The van der Waals surface area contributed by atoms with Gasteiger partial charge in [-0.1, -0.05) is 24.3 Å². The molecule has 0 aliphatic carbocycles. The highest BCUT2D eigenvalue weighted by Gasteiger charge is 2.17. The molecule has 1 amide bonds. The number of hydrogen-bond acceptors (Lipinski definition) is 4. The Morgan fingerprint density at radius 3 is 2.46 bits per heavy atom. The van der Waals surface area contributed by atoms with Gasteiger partial charge >= 0.3 is 0 Å². The molecule has 0 radical (unpaired) electrons. The number of anilines is 2. The lowest BCUT2D eigenvalue weighted by molar-refractivity contribution is -0.116. The van der Waals surface area contributed by atoms with E-state index in [0.717, 1.165) is 18.8 Å². The second kappa shape index (κ2) is 8.58. The van der Waals surface area contributed by atoms with Gasteiger partial charge in [-0.05, 0) is 24.3 Å². The molecule has 1 aliphatic rings. The fourth-order valence-corrected chi connectivity index (χ4v) is 2.92. The molecule has 0 atom stereocenters. The summed E-state index contributed by atoms with van der Waals surface area (Å²) >= 11 is 0. The van der Waals surface area contributed by atoms with E-state index in [9.17, 15) is 14.0 Å². The Morgan fingerprint density at radius 1 is 1.00 bits per heavy atom. The zero-order chi connectivity index (χ0) is 18.4. The number of para-hydroxylation sites is 2. The number of nitrogens with one attached hydrogen (secondary N) is 1. The fourth-order valence-electron chi connectivity index (χ4n) is 2.92. The molecule has 6 heteroatoms. The zero-order valence-corrected chi connectivity index (χ0v) is 14.4. The maximum Gasteiger partial charge on any atom is 0.224 e. The number of amides is 1. The van der Waals surface area contributed by atoms with Crippen LogP contribution in [0.25, 0.3) is 0 Å². The van der Waals surface area contributed by atoms with Gasteiger partial charge in [0.15, 0.2) is 5.78 Å². The molecule has 3 rings (SSSR count). The normalized spacial score (nSPS) is 14.1. The van der Waals surface area contributed by atoms with E-state index in [1.807, 2.05) is 24.3 Å². The molecule has 1 saturated heterocycles.